The van der Waals surface area contributed by atoms with Crippen LogP contribution in [0.5, 0.6) is 0 Å². The summed E-state index contributed by atoms with van der Waals surface area (Å²) >= 11 is 0. The zero-order valence-corrected chi connectivity index (χ0v) is 6.63. The van der Waals surface area contributed by atoms with E-state index in [4.69, 9.17) is 5.73 Å². The number of hydrogen-bond donors (Lipinski definition) is 2. The third-order valence-electron chi connectivity index (χ3n) is 1.29. The maximum atomic E-state index is 10.6. The summed E-state index contributed by atoms with van der Waals surface area (Å²) in [5, 5.41) is 0. The molecule has 1 rings (SSSR count). The van der Waals surface area contributed by atoms with Crippen LogP contribution in [0.2, 0.25) is 0 Å². The van der Waals surface area contributed by atoms with Gasteiger partial charge in [0.2, 0.25) is 5.56 Å². The van der Waals surface area contributed by atoms with E-state index in [1.54, 1.807) is 12.3 Å². The molecule has 0 amide bonds. The summed E-state index contributed by atoms with van der Waals surface area (Å²) in [6.45, 7) is 0.566. The molecule has 1 aromatic rings. The van der Waals surface area contributed by atoms with E-state index in [0.717, 1.165) is 5.56 Å². The van der Waals surface area contributed by atoms with Crippen LogP contribution in [0.3, 0.4) is 0 Å². The lowest BCUT2D eigenvalue weighted by atomic mass is 10.3. The van der Waals surface area contributed by atoms with E-state index < -0.39 is 0 Å². The van der Waals surface area contributed by atoms with E-state index in [0.29, 0.717) is 13.0 Å². The van der Waals surface area contributed by atoms with Crippen LogP contribution in [0.15, 0.2) is 23.1 Å². The van der Waals surface area contributed by atoms with Gasteiger partial charge in [0, 0.05) is 30.8 Å². The topological polar surface area (TPSA) is 58.9 Å². The molecule has 0 bridgehead atoms. The lowest BCUT2D eigenvalue weighted by Gasteiger charge is -1.86. The standard InChI is InChI=1S/C9H10N2O/c10-6-2-1-3-8-4-5-9(12)11-7-8/h4-5,7H,2,6,10H2,(H,11,12). The maximum absolute atomic E-state index is 10.6. The minimum Gasteiger partial charge on any atom is -0.330 e. The lowest BCUT2D eigenvalue weighted by Crippen LogP contribution is -2.01. The lowest BCUT2D eigenvalue weighted by molar-refractivity contribution is 1.03. The number of rotatable bonds is 1. The number of nitrogens with two attached hydrogens (primary N) is 1. The summed E-state index contributed by atoms with van der Waals surface area (Å²) in [6.07, 6.45) is 2.27. The summed E-state index contributed by atoms with van der Waals surface area (Å²) in [5.74, 6) is 5.75. The number of aromatic nitrogens is 1. The van der Waals surface area contributed by atoms with Crippen molar-refractivity contribution in [2.24, 2.45) is 5.73 Å². The van der Waals surface area contributed by atoms with Crippen molar-refractivity contribution in [3.05, 3.63) is 34.2 Å². The van der Waals surface area contributed by atoms with Crippen LogP contribution in [-0.4, -0.2) is 11.5 Å². The Morgan fingerprint density at radius 1 is 1.50 bits per heavy atom. The third-order valence-corrected chi connectivity index (χ3v) is 1.29. The number of aromatic amines is 1. The first-order valence-electron chi connectivity index (χ1n) is 3.70. The number of hydrogen-bond acceptors (Lipinski definition) is 2. The fraction of sp³-hybridized carbons (Fsp3) is 0.222. The van der Waals surface area contributed by atoms with Crippen molar-refractivity contribution in [1.82, 2.24) is 4.98 Å². The molecule has 0 unspecified atom stereocenters. The molecule has 0 radical (unpaired) electrons. The van der Waals surface area contributed by atoms with Crippen LogP contribution in [-0.2, 0) is 0 Å². The van der Waals surface area contributed by atoms with E-state index in [9.17, 15) is 4.79 Å². The molecule has 0 aliphatic rings. The largest absolute Gasteiger partial charge is 0.330 e. The van der Waals surface area contributed by atoms with Gasteiger partial charge in [-0.3, -0.25) is 4.79 Å². The molecule has 0 aromatic carbocycles. The zero-order valence-electron chi connectivity index (χ0n) is 6.63. The molecule has 0 aliphatic heterocycles. The Labute approximate surface area is 70.6 Å². The molecule has 3 heteroatoms. The molecule has 0 spiro atoms. The average molecular weight is 162 g/mol. The molecule has 62 valence electrons. The van der Waals surface area contributed by atoms with Crippen LogP contribution < -0.4 is 11.3 Å². The number of pyridine rings is 1. The highest BCUT2D eigenvalue weighted by Gasteiger charge is 1.84. The van der Waals surface area contributed by atoms with Crippen molar-refractivity contribution in [2.45, 2.75) is 6.42 Å². The third kappa shape index (κ3) is 2.60. The average Bonchev–Trinajstić information content (AvgIpc) is 2.09. The molecule has 0 aliphatic carbocycles. The second-order valence-corrected chi connectivity index (χ2v) is 2.28. The van der Waals surface area contributed by atoms with Gasteiger partial charge < -0.3 is 10.7 Å². The van der Waals surface area contributed by atoms with E-state index in [-0.39, 0.29) is 5.56 Å². The van der Waals surface area contributed by atoms with Crippen LogP contribution in [0.1, 0.15) is 12.0 Å². The van der Waals surface area contributed by atoms with Gasteiger partial charge >= 0.3 is 0 Å². The Kier molecular flexibility index (Phi) is 3.12. The minimum absolute atomic E-state index is 0.112. The molecule has 3 N–H and O–H groups in total. The highest BCUT2D eigenvalue weighted by atomic mass is 16.1. The fourth-order valence-corrected chi connectivity index (χ4v) is 0.725. The summed E-state index contributed by atoms with van der Waals surface area (Å²) in [5.41, 5.74) is 5.95. The summed E-state index contributed by atoms with van der Waals surface area (Å²) in [6, 6.07) is 3.13. The second kappa shape index (κ2) is 4.37. The smallest absolute Gasteiger partial charge is 0.247 e. The molecule has 0 atom stereocenters. The molecule has 0 fully saturated rings. The van der Waals surface area contributed by atoms with E-state index in [2.05, 4.69) is 16.8 Å². The van der Waals surface area contributed by atoms with Crippen molar-refractivity contribution >= 4 is 0 Å². The van der Waals surface area contributed by atoms with Crippen LogP contribution >= 0.6 is 0 Å². The van der Waals surface area contributed by atoms with Gasteiger partial charge in [0.15, 0.2) is 0 Å². The first kappa shape index (κ1) is 8.57. The van der Waals surface area contributed by atoms with Crippen molar-refractivity contribution in [3.8, 4) is 11.8 Å². The minimum atomic E-state index is -0.112. The van der Waals surface area contributed by atoms with Crippen molar-refractivity contribution in [3.63, 3.8) is 0 Å². The number of nitrogens with one attached hydrogen (secondary N) is 1. The Hall–Kier alpha value is -1.53. The predicted octanol–water partition coefficient (Wildman–Crippen LogP) is 0.0752. The highest BCUT2D eigenvalue weighted by molar-refractivity contribution is 5.30. The normalized spacial score (nSPS) is 8.75. The Bertz CT molecular complexity index is 336. The van der Waals surface area contributed by atoms with Gasteiger partial charge in [-0.15, -0.1) is 0 Å². The first-order chi connectivity index (χ1) is 5.83. The molecule has 3 nitrogen and oxygen atoms in total. The number of H-pyrrole nitrogens is 1. The van der Waals surface area contributed by atoms with Gasteiger partial charge in [-0.05, 0) is 6.07 Å². The van der Waals surface area contributed by atoms with Crippen LogP contribution in [0, 0.1) is 11.8 Å². The van der Waals surface area contributed by atoms with Gasteiger partial charge in [0.05, 0.1) is 0 Å². The molecular weight excluding hydrogens is 152 g/mol. The highest BCUT2D eigenvalue weighted by Crippen LogP contribution is 1.88. The first-order valence-corrected chi connectivity index (χ1v) is 3.70. The van der Waals surface area contributed by atoms with Gasteiger partial charge in [0.25, 0.3) is 0 Å². The predicted molar refractivity (Wildman–Crippen MR) is 47.6 cm³/mol. The zero-order chi connectivity index (χ0) is 8.81. The Morgan fingerprint density at radius 2 is 2.33 bits per heavy atom. The van der Waals surface area contributed by atoms with Gasteiger partial charge in [-0.25, -0.2) is 0 Å². The molecule has 12 heavy (non-hydrogen) atoms. The van der Waals surface area contributed by atoms with Gasteiger partial charge in [-0.1, -0.05) is 11.8 Å². The second-order valence-electron chi connectivity index (χ2n) is 2.28. The van der Waals surface area contributed by atoms with Gasteiger partial charge in [-0.2, -0.15) is 0 Å². The summed E-state index contributed by atoms with van der Waals surface area (Å²) < 4.78 is 0. The molecule has 0 saturated carbocycles. The molecular formula is C9H10N2O. The van der Waals surface area contributed by atoms with Crippen molar-refractivity contribution in [1.29, 1.82) is 0 Å². The van der Waals surface area contributed by atoms with Crippen molar-refractivity contribution < 1.29 is 0 Å². The van der Waals surface area contributed by atoms with Crippen LogP contribution in [0.25, 0.3) is 0 Å². The van der Waals surface area contributed by atoms with E-state index in [1.165, 1.54) is 6.07 Å². The Morgan fingerprint density at radius 3 is 2.92 bits per heavy atom. The van der Waals surface area contributed by atoms with Gasteiger partial charge in [0.1, 0.15) is 0 Å². The molecule has 0 saturated heterocycles. The van der Waals surface area contributed by atoms with E-state index in [1.807, 2.05) is 0 Å². The maximum Gasteiger partial charge on any atom is 0.247 e. The summed E-state index contributed by atoms with van der Waals surface area (Å²) in [4.78, 5) is 13.2. The van der Waals surface area contributed by atoms with E-state index >= 15 is 0 Å². The summed E-state index contributed by atoms with van der Waals surface area (Å²) in [7, 11) is 0. The quantitative estimate of drug-likeness (QED) is 0.574. The Balaban J connectivity index is 2.72. The SMILES string of the molecule is NCCC#Cc1ccc(=O)[nH]c1. The van der Waals surface area contributed by atoms with Crippen LogP contribution in [0.4, 0.5) is 0 Å². The monoisotopic (exact) mass is 162 g/mol. The molecule has 1 aromatic heterocycles. The molecule has 1 heterocycles. The van der Waals surface area contributed by atoms with Crippen molar-refractivity contribution in [2.75, 3.05) is 6.54 Å². The fourth-order valence-electron chi connectivity index (χ4n) is 0.725.